The van der Waals surface area contributed by atoms with Gasteiger partial charge >= 0.3 is 0 Å². The number of carbonyl (C=O) groups excluding carboxylic acids is 2. The number of ether oxygens (including phenoxy) is 7. The largest absolute Gasteiger partial charge is 0.508 e. The smallest absolute Gasteiger partial charge is 0.246 e. The van der Waals surface area contributed by atoms with Crippen molar-refractivity contribution >= 4 is 81.7 Å². The Morgan fingerprint density at radius 1 is 0.568 bits per heavy atom. The number of piperazine rings is 2. The van der Waals surface area contributed by atoms with Crippen molar-refractivity contribution in [3.8, 4) is 23.0 Å². The highest BCUT2D eigenvalue weighted by molar-refractivity contribution is 6.35. The van der Waals surface area contributed by atoms with Crippen LogP contribution in [0.15, 0.2) is 158 Å². The van der Waals surface area contributed by atoms with Crippen LogP contribution >= 0.6 is 46.4 Å². The zero-order chi connectivity index (χ0) is 56.9. The average Bonchev–Trinajstić information content (AvgIpc) is 4.31. The van der Waals surface area contributed by atoms with Crippen LogP contribution in [-0.2, 0) is 40.1 Å². The molecule has 81 heavy (non-hydrogen) atoms. The summed E-state index contributed by atoms with van der Waals surface area (Å²) in [6.45, 7) is 14.8. The number of carbonyl (C=O) groups is 2. The van der Waals surface area contributed by atoms with Gasteiger partial charge in [-0.2, -0.15) is 0 Å². The molecule has 0 aromatic heterocycles. The highest BCUT2D eigenvalue weighted by atomic mass is 35.5. The molecule has 0 bridgehead atoms. The maximum atomic E-state index is 12.8. The third kappa shape index (κ3) is 15.8. The van der Waals surface area contributed by atoms with Crippen molar-refractivity contribution < 1.29 is 47.9 Å². The van der Waals surface area contributed by atoms with Gasteiger partial charge in [0.25, 0.3) is 0 Å². The Morgan fingerprint density at radius 2 is 1.01 bits per heavy atom. The van der Waals surface area contributed by atoms with Gasteiger partial charge in [-0.05, 0) is 134 Å². The number of nitrogens with zero attached hydrogens (tertiary/aromatic N) is 4. The van der Waals surface area contributed by atoms with Crippen LogP contribution < -0.4 is 24.0 Å². The lowest BCUT2D eigenvalue weighted by Crippen LogP contribution is -2.48. The highest BCUT2D eigenvalue weighted by Gasteiger charge is 2.42. The summed E-state index contributed by atoms with van der Waals surface area (Å²) in [5, 5.41) is 11.7. The van der Waals surface area contributed by atoms with E-state index in [4.69, 9.17) is 79.6 Å². The number of rotatable bonds is 17. The van der Waals surface area contributed by atoms with E-state index < -0.39 is 11.6 Å². The number of phenolic OH excluding ortho intramolecular Hbond substituents is 1. The molecule has 0 aliphatic carbocycles. The van der Waals surface area contributed by atoms with Crippen LogP contribution in [0, 0.1) is 0 Å². The SMILES string of the molecule is C=CCOc1cccc(/C=C/C(=O)N2CCN(c3ccc(OC[C@@H]4CO[C@](C)(c5ccc(Cl)cc5Cl)O4)cc3)CC2)c1.C[C@]1(c2ccc(Cl)cc2Cl)OC[C@@H](COc2ccc(N3CCN(C(=O)/C=C/c4cccc(O)c4)CC3)cc2)O1. The minimum absolute atomic E-state index is 0.00311. The van der Waals surface area contributed by atoms with E-state index in [2.05, 4.69) is 16.4 Å². The normalized spacial score (nSPS) is 21.0. The van der Waals surface area contributed by atoms with Crippen LogP contribution in [-0.4, -0.2) is 124 Å². The Kier molecular flexibility index (Phi) is 19.9. The molecule has 4 aliphatic heterocycles. The lowest BCUT2D eigenvalue weighted by atomic mass is 10.1. The summed E-state index contributed by atoms with van der Waals surface area (Å²) in [5.41, 5.74) is 5.34. The number of hydrogen-bond donors (Lipinski definition) is 1. The van der Waals surface area contributed by atoms with Crippen molar-refractivity contribution in [3.05, 3.63) is 201 Å². The van der Waals surface area contributed by atoms with E-state index in [-0.39, 0.29) is 29.8 Å². The van der Waals surface area contributed by atoms with Gasteiger partial charge < -0.3 is 57.9 Å². The molecule has 0 spiro atoms. The second-order valence-corrected chi connectivity index (χ2v) is 21.6. The Hall–Kier alpha value is -6.72. The molecule has 0 saturated carbocycles. The first-order valence-corrected chi connectivity index (χ1v) is 28.2. The molecule has 4 saturated heterocycles. The van der Waals surface area contributed by atoms with Gasteiger partial charge in [-0.15, -0.1) is 0 Å². The minimum Gasteiger partial charge on any atom is -0.508 e. The summed E-state index contributed by atoms with van der Waals surface area (Å²) >= 11 is 24.8. The summed E-state index contributed by atoms with van der Waals surface area (Å²) in [5.74, 6) is 0.478. The van der Waals surface area contributed by atoms with E-state index in [0.29, 0.717) is 79.3 Å². The second-order valence-electron chi connectivity index (χ2n) is 19.9. The Balaban J connectivity index is 0.000000196. The van der Waals surface area contributed by atoms with Crippen LogP contribution in [0.2, 0.25) is 20.1 Å². The van der Waals surface area contributed by atoms with Crippen LogP contribution in [0.3, 0.4) is 0 Å². The number of aromatic hydroxyl groups is 1. The molecular weight excluding hydrogens is 1110 g/mol. The predicted octanol–water partition coefficient (Wildman–Crippen LogP) is 12.3. The van der Waals surface area contributed by atoms with Gasteiger partial charge in [-0.25, -0.2) is 0 Å². The number of anilines is 2. The molecule has 2 amide bonds. The summed E-state index contributed by atoms with van der Waals surface area (Å²) < 4.78 is 41.7. The van der Waals surface area contributed by atoms with E-state index in [9.17, 15) is 14.7 Å². The summed E-state index contributed by atoms with van der Waals surface area (Å²) in [6.07, 6.45) is 7.95. The van der Waals surface area contributed by atoms with Gasteiger partial charge in [-0.1, -0.05) is 95.5 Å². The monoisotopic (exact) mass is 1180 g/mol. The molecule has 0 unspecified atom stereocenters. The number of amides is 2. The third-order valence-corrected chi connectivity index (χ3v) is 15.2. The van der Waals surface area contributed by atoms with Crippen molar-refractivity contribution in [2.45, 2.75) is 37.6 Å². The van der Waals surface area contributed by atoms with E-state index in [1.54, 1.807) is 66.8 Å². The first kappa shape index (κ1) is 58.9. The van der Waals surface area contributed by atoms with Gasteiger partial charge in [0.1, 0.15) is 55.0 Å². The quantitative estimate of drug-likeness (QED) is 0.0689. The summed E-state index contributed by atoms with van der Waals surface area (Å²) in [4.78, 5) is 33.6. The molecule has 6 aromatic rings. The number of halogens is 4. The average molecular weight is 1180 g/mol. The number of benzene rings is 6. The van der Waals surface area contributed by atoms with Crippen LogP contribution in [0.4, 0.5) is 11.4 Å². The van der Waals surface area contributed by atoms with Crippen molar-refractivity contribution in [2.24, 2.45) is 0 Å². The molecule has 4 heterocycles. The molecule has 0 radical (unpaired) electrons. The fourth-order valence-corrected chi connectivity index (χ4v) is 10.9. The lowest BCUT2D eigenvalue weighted by Gasteiger charge is -2.35. The van der Waals surface area contributed by atoms with E-state index in [1.165, 1.54) is 0 Å². The van der Waals surface area contributed by atoms with Crippen LogP contribution in [0.5, 0.6) is 23.0 Å². The van der Waals surface area contributed by atoms with Crippen molar-refractivity contribution in [3.63, 3.8) is 0 Å². The first-order chi connectivity index (χ1) is 39.1. The van der Waals surface area contributed by atoms with E-state index in [0.717, 1.165) is 77.1 Å². The van der Waals surface area contributed by atoms with Gasteiger partial charge in [-0.3, -0.25) is 9.59 Å². The van der Waals surface area contributed by atoms with Gasteiger partial charge in [0.05, 0.1) is 23.3 Å². The minimum atomic E-state index is -0.955. The molecule has 4 atom stereocenters. The second kappa shape index (κ2) is 27.4. The van der Waals surface area contributed by atoms with Gasteiger partial charge in [0.15, 0.2) is 11.6 Å². The topological polar surface area (TPSA) is 132 Å². The molecule has 1 N–H and O–H groups in total. The van der Waals surface area contributed by atoms with Crippen LogP contribution in [0.25, 0.3) is 12.2 Å². The third-order valence-electron chi connectivity index (χ3n) is 14.1. The number of hydrogen-bond acceptors (Lipinski definition) is 12. The standard InChI is InChI=1S/C33H34Cl2N2O5.C30H30Cl2N2O5/c1-3-19-39-28-6-4-5-24(20-28)7-14-32(38)37-17-15-36(16-18-37)26-9-11-27(12-10-26)40-22-29-23-41-33(2,42-29)30-13-8-25(34)21-31(30)35;1-30(27-11-6-22(31)18-28(27)32)38-20-26(39-30)19-37-25-9-7-23(8-10-25)33-13-15-34(16-14-33)29(36)12-5-21-3-2-4-24(35)17-21/h3-14,20-21,29H,1,15-19,22-23H2,2H3;2-12,17-18,26,35H,13-16,19-20H2,1H3/b14-7+;12-5+/t29-,33+;26-,30+/m11/s1. The fourth-order valence-electron chi connectivity index (χ4n) is 9.73. The molecule has 10 rings (SSSR count). The van der Waals surface area contributed by atoms with Crippen molar-refractivity contribution in [1.82, 2.24) is 9.80 Å². The first-order valence-electron chi connectivity index (χ1n) is 26.7. The van der Waals surface area contributed by atoms with E-state index in [1.807, 2.05) is 121 Å². The Bertz CT molecular complexity index is 3190. The van der Waals surface area contributed by atoms with Crippen molar-refractivity contribution in [1.29, 1.82) is 0 Å². The lowest BCUT2D eigenvalue weighted by molar-refractivity contribution is -0.164. The number of phenols is 1. The zero-order valence-electron chi connectivity index (χ0n) is 45.1. The maximum Gasteiger partial charge on any atom is 0.246 e. The maximum absolute atomic E-state index is 12.8. The predicted molar refractivity (Wildman–Crippen MR) is 319 cm³/mol. The molecule has 424 valence electrons. The van der Waals surface area contributed by atoms with Gasteiger partial charge in [0, 0.05) is 97.1 Å². The molecule has 4 fully saturated rings. The molecule has 18 heteroatoms. The Morgan fingerprint density at radius 3 is 1.44 bits per heavy atom. The van der Waals surface area contributed by atoms with Gasteiger partial charge in [0.2, 0.25) is 11.8 Å². The molecular formula is C63H64Cl4N4O10. The van der Waals surface area contributed by atoms with Crippen LogP contribution in [0.1, 0.15) is 36.1 Å². The summed E-state index contributed by atoms with van der Waals surface area (Å²) in [6, 6.07) is 40.9. The molecule has 14 nitrogen and oxygen atoms in total. The molecule has 4 aliphatic rings. The summed E-state index contributed by atoms with van der Waals surface area (Å²) in [7, 11) is 0. The highest BCUT2D eigenvalue weighted by Crippen LogP contribution is 2.40. The van der Waals surface area contributed by atoms with Crippen molar-refractivity contribution in [2.75, 3.05) is 95.2 Å². The van der Waals surface area contributed by atoms with E-state index >= 15 is 0 Å². The zero-order valence-corrected chi connectivity index (χ0v) is 48.1. The Labute approximate surface area is 493 Å². The molecule has 6 aromatic carbocycles. The fraction of sp³-hybridized carbons (Fsp3) is 0.302.